The van der Waals surface area contributed by atoms with Crippen molar-refractivity contribution >= 4 is 0 Å². The maximum Gasteiger partial charge on any atom is 0.114 e. The second-order valence-electron chi connectivity index (χ2n) is 8.81. The summed E-state index contributed by atoms with van der Waals surface area (Å²) in [6, 6.07) is 0. The first kappa shape index (κ1) is 27.6. The lowest BCUT2D eigenvalue weighted by Gasteiger charge is -2.20. The first-order valence-electron chi connectivity index (χ1n) is 12.5. The molecular weight excluding hydrogens is 380 g/mol. The molecule has 0 aliphatic carbocycles. The second-order valence-corrected chi connectivity index (χ2v) is 8.81. The molecule has 3 N–H and O–H groups in total. The van der Waals surface area contributed by atoms with Crippen LogP contribution in [0.2, 0.25) is 0 Å². The minimum absolute atomic E-state index is 0.0697. The summed E-state index contributed by atoms with van der Waals surface area (Å²) in [7, 11) is 0. The van der Waals surface area contributed by atoms with E-state index in [1.165, 1.54) is 83.5 Å². The average Bonchev–Trinajstić information content (AvgIpc) is 3.08. The van der Waals surface area contributed by atoms with Crippen LogP contribution in [-0.2, 0) is 9.47 Å². The van der Waals surface area contributed by atoms with E-state index in [0.29, 0.717) is 6.61 Å². The Kier molecular flexibility index (Phi) is 17.7. The Labute approximate surface area is 184 Å². The zero-order valence-electron chi connectivity index (χ0n) is 19.4. The standard InChI is InChI=1S/C25H48O5/c1-2-3-4-5-6-7-8-9-10-11-12-13-14-15-16-17-18-19-29-20-23(27)25-24(28)22(26)21-30-25/h2-3,22-28H,4-21H2,1H3/b3-2+/t22-,23+,24-,25-/m1/s1. The van der Waals surface area contributed by atoms with Crippen molar-refractivity contribution in [1.82, 2.24) is 0 Å². The van der Waals surface area contributed by atoms with Crippen LogP contribution in [0.15, 0.2) is 12.2 Å². The smallest absolute Gasteiger partial charge is 0.114 e. The van der Waals surface area contributed by atoms with Gasteiger partial charge in [-0.2, -0.15) is 0 Å². The van der Waals surface area contributed by atoms with Crippen LogP contribution >= 0.6 is 0 Å². The monoisotopic (exact) mass is 428 g/mol. The third kappa shape index (κ3) is 13.8. The molecule has 0 amide bonds. The van der Waals surface area contributed by atoms with Crippen LogP contribution < -0.4 is 0 Å². The molecule has 0 spiro atoms. The van der Waals surface area contributed by atoms with Gasteiger partial charge in [0, 0.05) is 6.61 Å². The van der Waals surface area contributed by atoms with Gasteiger partial charge in [0.05, 0.1) is 13.2 Å². The fourth-order valence-electron chi connectivity index (χ4n) is 4.02. The van der Waals surface area contributed by atoms with E-state index in [2.05, 4.69) is 19.1 Å². The van der Waals surface area contributed by atoms with Crippen LogP contribution in [0.5, 0.6) is 0 Å². The minimum atomic E-state index is -1.03. The van der Waals surface area contributed by atoms with Gasteiger partial charge in [0.25, 0.3) is 0 Å². The Morgan fingerprint density at radius 1 is 0.833 bits per heavy atom. The predicted octanol–water partition coefficient (Wildman–Crippen LogP) is 4.91. The summed E-state index contributed by atoms with van der Waals surface area (Å²) >= 11 is 0. The van der Waals surface area contributed by atoms with Crippen molar-refractivity contribution in [3.8, 4) is 0 Å². The van der Waals surface area contributed by atoms with Crippen LogP contribution in [0.1, 0.15) is 103 Å². The molecule has 1 heterocycles. The van der Waals surface area contributed by atoms with Crippen molar-refractivity contribution in [3.63, 3.8) is 0 Å². The quantitative estimate of drug-likeness (QED) is 0.190. The van der Waals surface area contributed by atoms with Gasteiger partial charge in [-0.3, -0.25) is 0 Å². The molecule has 0 bridgehead atoms. The molecule has 0 aromatic carbocycles. The Hall–Kier alpha value is -0.460. The predicted molar refractivity (Wildman–Crippen MR) is 123 cm³/mol. The van der Waals surface area contributed by atoms with E-state index in [4.69, 9.17) is 9.47 Å². The molecule has 1 aliphatic rings. The number of hydrogen-bond acceptors (Lipinski definition) is 5. The van der Waals surface area contributed by atoms with Gasteiger partial charge in [0.2, 0.25) is 0 Å². The number of aliphatic hydroxyl groups excluding tert-OH is 3. The van der Waals surface area contributed by atoms with Gasteiger partial charge in [-0.05, 0) is 26.2 Å². The van der Waals surface area contributed by atoms with Gasteiger partial charge >= 0.3 is 0 Å². The number of aliphatic hydroxyl groups is 3. The fourth-order valence-corrected chi connectivity index (χ4v) is 4.02. The SMILES string of the molecule is C/C=C/CCCCCCCCCCCCCCCCOC[C@H](O)[C@H]1OC[C@@H](O)[C@H]1O. The highest BCUT2D eigenvalue weighted by molar-refractivity contribution is 4.87. The third-order valence-corrected chi connectivity index (χ3v) is 6.00. The molecule has 5 nitrogen and oxygen atoms in total. The summed E-state index contributed by atoms with van der Waals surface area (Å²) in [5.41, 5.74) is 0. The van der Waals surface area contributed by atoms with Gasteiger partial charge in [0.1, 0.15) is 24.4 Å². The molecule has 0 unspecified atom stereocenters. The van der Waals surface area contributed by atoms with E-state index >= 15 is 0 Å². The maximum absolute atomic E-state index is 9.96. The number of rotatable bonds is 20. The fraction of sp³-hybridized carbons (Fsp3) is 0.920. The lowest BCUT2D eigenvalue weighted by Crippen LogP contribution is -2.40. The number of hydrogen-bond donors (Lipinski definition) is 3. The van der Waals surface area contributed by atoms with E-state index in [9.17, 15) is 15.3 Å². The Morgan fingerprint density at radius 3 is 1.80 bits per heavy atom. The number of unbranched alkanes of at least 4 members (excludes halogenated alkanes) is 14. The van der Waals surface area contributed by atoms with Crippen molar-refractivity contribution in [2.24, 2.45) is 0 Å². The van der Waals surface area contributed by atoms with Crippen molar-refractivity contribution in [3.05, 3.63) is 12.2 Å². The molecule has 0 radical (unpaired) electrons. The van der Waals surface area contributed by atoms with Crippen LogP contribution in [0, 0.1) is 0 Å². The molecule has 1 saturated heterocycles. The third-order valence-electron chi connectivity index (χ3n) is 6.00. The van der Waals surface area contributed by atoms with Crippen LogP contribution in [0.4, 0.5) is 0 Å². The van der Waals surface area contributed by atoms with Crippen LogP contribution in [-0.4, -0.2) is 59.6 Å². The van der Waals surface area contributed by atoms with Gasteiger partial charge < -0.3 is 24.8 Å². The van der Waals surface area contributed by atoms with E-state index in [-0.39, 0.29) is 13.2 Å². The largest absolute Gasteiger partial charge is 0.388 e. The highest BCUT2D eigenvalue weighted by atomic mass is 16.5. The van der Waals surface area contributed by atoms with E-state index < -0.39 is 24.4 Å². The van der Waals surface area contributed by atoms with Gasteiger partial charge in [-0.15, -0.1) is 0 Å². The lowest BCUT2D eigenvalue weighted by atomic mass is 10.0. The summed E-state index contributed by atoms with van der Waals surface area (Å²) in [5, 5.41) is 29.1. The molecule has 1 rings (SSSR count). The van der Waals surface area contributed by atoms with Crippen molar-refractivity contribution in [2.45, 2.75) is 128 Å². The Bertz CT molecular complexity index is 401. The first-order valence-corrected chi connectivity index (χ1v) is 12.5. The molecule has 0 aromatic heterocycles. The molecule has 0 aromatic rings. The van der Waals surface area contributed by atoms with Crippen LogP contribution in [0.25, 0.3) is 0 Å². The molecule has 1 fully saturated rings. The van der Waals surface area contributed by atoms with Crippen molar-refractivity contribution in [1.29, 1.82) is 0 Å². The zero-order valence-corrected chi connectivity index (χ0v) is 19.4. The summed E-state index contributed by atoms with van der Waals surface area (Å²) in [4.78, 5) is 0. The molecule has 0 saturated carbocycles. The molecule has 4 atom stereocenters. The van der Waals surface area contributed by atoms with E-state index in [1.807, 2.05) is 0 Å². The maximum atomic E-state index is 9.96. The number of allylic oxidation sites excluding steroid dienone is 2. The summed E-state index contributed by atoms with van der Waals surface area (Å²) < 4.78 is 10.7. The van der Waals surface area contributed by atoms with E-state index in [1.54, 1.807) is 0 Å². The molecular formula is C25H48O5. The summed E-state index contributed by atoms with van der Waals surface area (Å²) in [6.07, 6.45) is 20.6. The Morgan fingerprint density at radius 2 is 1.33 bits per heavy atom. The highest BCUT2D eigenvalue weighted by Crippen LogP contribution is 2.18. The van der Waals surface area contributed by atoms with Gasteiger partial charge in [0.15, 0.2) is 0 Å². The first-order chi connectivity index (χ1) is 14.7. The lowest BCUT2D eigenvalue weighted by molar-refractivity contribution is -0.0813. The van der Waals surface area contributed by atoms with E-state index in [0.717, 1.165) is 12.8 Å². The highest BCUT2D eigenvalue weighted by Gasteiger charge is 2.39. The average molecular weight is 429 g/mol. The minimum Gasteiger partial charge on any atom is -0.388 e. The van der Waals surface area contributed by atoms with Crippen molar-refractivity contribution in [2.75, 3.05) is 19.8 Å². The normalized spacial score (nSPS) is 22.9. The van der Waals surface area contributed by atoms with Crippen LogP contribution in [0.3, 0.4) is 0 Å². The second kappa shape index (κ2) is 19.2. The number of ether oxygens (including phenoxy) is 2. The topological polar surface area (TPSA) is 79.2 Å². The molecule has 178 valence electrons. The molecule has 5 heteroatoms. The molecule has 30 heavy (non-hydrogen) atoms. The zero-order chi connectivity index (χ0) is 21.9. The Balaban J connectivity index is 1.74. The van der Waals surface area contributed by atoms with Gasteiger partial charge in [-0.25, -0.2) is 0 Å². The molecule has 1 aliphatic heterocycles. The summed E-state index contributed by atoms with van der Waals surface area (Å²) in [6.45, 7) is 2.93. The van der Waals surface area contributed by atoms with Crippen molar-refractivity contribution < 1.29 is 24.8 Å². The summed E-state index contributed by atoms with van der Waals surface area (Å²) in [5.74, 6) is 0. The van der Waals surface area contributed by atoms with Gasteiger partial charge in [-0.1, -0.05) is 89.2 Å².